The van der Waals surface area contributed by atoms with Gasteiger partial charge in [-0.05, 0) is 50.1 Å². The summed E-state index contributed by atoms with van der Waals surface area (Å²) >= 11 is 1.53. The van der Waals surface area contributed by atoms with Crippen molar-refractivity contribution in [2.75, 3.05) is 0 Å². The highest BCUT2D eigenvalue weighted by atomic mass is 32.2. The SMILES string of the molecule is CCn1nc(C)cc1S(=O)(=O)N[C@H](c1cccs1)C1CC(O)C1. The maximum absolute atomic E-state index is 12.8. The van der Waals surface area contributed by atoms with Gasteiger partial charge in [-0.15, -0.1) is 11.3 Å². The van der Waals surface area contributed by atoms with E-state index in [4.69, 9.17) is 0 Å². The molecule has 0 aromatic carbocycles. The molecule has 0 aliphatic heterocycles. The summed E-state index contributed by atoms with van der Waals surface area (Å²) in [6.07, 6.45) is 0.921. The van der Waals surface area contributed by atoms with Crippen LogP contribution in [0.3, 0.4) is 0 Å². The molecule has 1 aliphatic carbocycles. The Labute approximate surface area is 140 Å². The Morgan fingerprint density at radius 2 is 2.26 bits per heavy atom. The molecule has 0 unspecified atom stereocenters. The van der Waals surface area contributed by atoms with Crippen molar-refractivity contribution in [3.63, 3.8) is 0 Å². The molecule has 3 rings (SSSR count). The van der Waals surface area contributed by atoms with Crippen molar-refractivity contribution in [2.24, 2.45) is 5.92 Å². The first-order valence-electron chi connectivity index (χ1n) is 7.69. The molecule has 2 aromatic heterocycles. The highest BCUT2D eigenvalue weighted by Gasteiger charge is 2.38. The van der Waals surface area contributed by atoms with Gasteiger partial charge in [0.2, 0.25) is 0 Å². The molecule has 2 aromatic rings. The third-order valence-corrected chi connectivity index (χ3v) is 6.59. The predicted molar refractivity (Wildman–Crippen MR) is 88.8 cm³/mol. The number of aromatic nitrogens is 2. The highest BCUT2D eigenvalue weighted by molar-refractivity contribution is 7.89. The number of aryl methyl sites for hydroxylation is 2. The van der Waals surface area contributed by atoms with E-state index in [1.807, 2.05) is 24.4 Å². The van der Waals surface area contributed by atoms with E-state index in [0.717, 1.165) is 4.88 Å². The van der Waals surface area contributed by atoms with Gasteiger partial charge in [0.05, 0.1) is 17.8 Å². The van der Waals surface area contributed by atoms with Gasteiger partial charge in [0.15, 0.2) is 5.03 Å². The van der Waals surface area contributed by atoms with Crippen molar-refractivity contribution in [1.82, 2.24) is 14.5 Å². The lowest BCUT2D eigenvalue weighted by Gasteiger charge is -2.37. The summed E-state index contributed by atoms with van der Waals surface area (Å²) in [6.45, 7) is 4.14. The lowest BCUT2D eigenvalue weighted by atomic mass is 9.77. The number of rotatable bonds is 6. The number of sulfonamides is 1. The maximum atomic E-state index is 12.8. The van der Waals surface area contributed by atoms with Crippen LogP contribution in [-0.2, 0) is 16.6 Å². The average molecular weight is 355 g/mol. The summed E-state index contributed by atoms with van der Waals surface area (Å²) in [4.78, 5) is 0.977. The summed E-state index contributed by atoms with van der Waals surface area (Å²) in [5, 5.41) is 15.9. The lowest BCUT2D eigenvalue weighted by Crippen LogP contribution is -2.41. The minimum atomic E-state index is -3.67. The number of aliphatic hydroxyl groups excluding tert-OH is 1. The van der Waals surface area contributed by atoms with E-state index in [1.54, 1.807) is 13.0 Å². The molecule has 2 N–H and O–H groups in total. The molecule has 23 heavy (non-hydrogen) atoms. The predicted octanol–water partition coefficient (Wildman–Crippen LogP) is 2.06. The Balaban J connectivity index is 1.89. The summed E-state index contributed by atoms with van der Waals surface area (Å²) < 4.78 is 30.0. The fourth-order valence-corrected chi connectivity index (χ4v) is 5.44. The number of aliphatic hydroxyl groups is 1. The van der Waals surface area contributed by atoms with Gasteiger partial charge in [0.1, 0.15) is 0 Å². The van der Waals surface area contributed by atoms with Crippen molar-refractivity contribution in [3.05, 3.63) is 34.2 Å². The van der Waals surface area contributed by atoms with Crippen LogP contribution in [0.1, 0.15) is 36.4 Å². The Morgan fingerprint density at radius 1 is 1.52 bits per heavy atom. The number of nitrogens with zero attached hydrogens (tertiary/aromatic N) is 2. The molecule has 0 bridgehead atoms. The molecule has 6 nitrogen and oxygen atoms in total. The van der Waals surface area contributed by atoms with Crippen molar-refractivity contribution in [3.8, 4) is 0 Å². The van der Waals surface area contributed by atoms with Gasteiger partial charge in [-0.2, -0.15) is 5.10 Å². The van der Waals surface area contributed by atoms with E-state index in [0.29, 0.717) is 25.1 Å². The van der Waals surface area contributed by atoms with Crippen LogP contribution in [0.4, 0.5) is 0 Å². The second-order valence-electron chi connectivity index (χ2n) is 5.94. The summed E-state index contributed by atoms with van der Waals surface area (Å²) in [7, 11) is -3.67. The Hall–Kier alpha value is -1.22. The molecule has 126 valence electrons. The second kappa shape index (κ2) is 6.35. The largest absolute Gasteiger partial charge is 0.393 e. The number of hydrogen-bond acceptors (Lipinski definition) is 5. The summed E-state index contributed by atoms with van der Waals surface area (Å²) in [5.41, 5.74) is 0.680. The summed E-state index contributed by atoms with van der Waals surface area (Å²) in [6, 6.07) is 5.14. The fraction of sp³-hybridized carbons (Fsp3) is 0.533. The van der Waals surface area contributed by atoms with Gasteiger partial charge in [0, 0.05) is 11.4 Å². The first-order chi connectivity index (χ1) is 10.9. The van der Waals surface area contributed by atoms with Gasteiger partial charge >= 0.3 is 0 Å². The molecular weight excluding hydrogens is 334 g/mol. The first kappa shape index (κ1) is 16.6. The third kappa shape index (κ3) is 3.35. The fourth-order valence-electron chi connectivity index (χ4n) is 2.95. The molecule has 0 amide bonds. The standard InChI is InChI=1S/C15H21N3O3S2/c1-3-18-14(7-10(2)16-18)23(20,21)17-15(11-8-12(19)9-11)13-5-4-6-22-13/h4-7,11-12,15,17,19H,3,8-9H2,1-2H3/t11?,12?,15-/m0/s1. The molecular formula is C15H21N3O3S2. The Bertz CT molecular complexity index is 762. The van der Waals surface area contributed by atoms with Crippen LogP contribution in [0.15, 0.2) is 28.6 Å². The molecule has 0 saturated heterocycles. The van der Waals surface area contributed by atoms with Crippen LogP contribution in [-0.4, -0.2) is 29.4 Å². The van der Waals surface area contributed by atoms with E-state index < -0.39 is 10.0 Å². The number of thiophene rings is 1. The first-order valence-corrected chi connectivity index (χ1v) is 10.0. The molecule has 1 fully saturated rings. The van der Waals surface area contributed by atoms with Gasteiger partial charge in [-0.25, -0.2) is 13.1 Å². The maximum Gasteiger partial charge on any atom is 0.258 e. The van der Waals surface area contributed by atoms with Crippen molar-refractivity contribution < 1.29 is 13.5 Å². The molecule has 0 radical (unpaired) electrons. The van der Waals surface area contributed by atoms with E-state index in [9.17, 15) is 13.5 Å². The van der Waals surface area contributed by atoms with Gasteiger partial charge in [-0.1, -0.05) is 6.07 Å². The second-order valence-corrected chi connectivity index (χ2v) is 8.58. The quantitative estimate of drug-likeness (QED) is 0.831. The number of nitrogens with one attached hydrogen (secondary N) is 1. The average Bonchev–Trinajstić information content (AvgIpc) is 3.11. The van der Waals surface area contributed by atoms with Crippen molar-refractivity contribution in [1.29, 1.82) is 0 Å². The lowest BCUT2D eigenvalue weighted by molar-refractivity contribution is 0.0285. The smallest absolute Gasteiger partial charge is 0.258 e. The molecule has 1 atom stereocenters. The third-order valence-electron chi connectivity index (χ3n) is 4.19. The van der Waals surface area contributed by atoms with Crippen LogP contribution in [0, 0.1) is 12.8 Å². The van der Waals surface area contributed by atoms with Crippen molar-refractivity contribution >= 4 is 21.4 Å². The van der Waals surface area contributed by atoms with Gasteiger partial charge < -0.3 is 5.11 Å². The van der Waals surface area contributed by atoms with Crippen molar-refractivity contribution in [2.45, 2.75) is 50.4 Å². The van der Waals surface area contributed by atoms with E-state index in [2.05, 4.69) is 9.82 Å². The topological polar surface area (TPSA) is 84.2 Å². The monoisotopic (exact) mass is 355 g/mol. The van der Waals surface area contributed by atoms with Gasteiger partial charge in [-0.3, -0.25) is 4.68 Å². The number of hydrogen-bond donors (Lipinski definition) is 2. The zero-order valence-electron chi connectivity index (χ0n) is 13.1. The van der Waals surface area contributed by atoms with E-state index in [-0.39, 0.29) is 23.1 Å². The minimum absolute atomic E-state index is 0.123. The molecule has 2 heterocycles. The summed E-state index contributed by atoms with van der Waals surface area (Å²) in [5.74, 6) is 0.123. The molecule has 0 spiro atoms. The molecule has 8 heteroatoms. The van der Waals surface area contributed by atoms with Crippen LogP contribution in [0.2, 0.25) is 0 Å². The normalized spacial score (nSPS) is 22.7. The zero-order valence-corrected chi connectivity index (χ0v) is 14.8. The van der Waals surface area contributed by atoms with Crippen LogP contribution >= 0.6 is 11.3 Å². The Kier molecular flexibility index (Phi) is 4.59. The molecule has 1 aliphatic rings. The molecule has 1 saturated carbocycles. The minimum Gasteiger partial charge on any atom is -0.393 e. The highest BCUT2D eigenvalue weighted by Crippen LogP contribution is 2.40. The van der Waals surface area contributed by atoms with Gasteiger partial charge in [0.25, 0.3) is 10.0 Å². The van der Waals surface area contributed by atoms with Crippen LogP contribution in [0.25, 0.3) is 0 Å². The van der Waals surface area contributed by atoms with Crippen LogP contribution < -0.4 is 4.72 Å². The zero-order chi connectivity index (χ0) is 16.6. The van der Waals surface area contributed by atoms with E-state index >= 15 is 0 Å². The van der Waals surface area contributed by atoms with Crippen LogP contribution in [0.5, 0.6) is 0 Å². The van der Waals surface area contributed by atoms with E-state index in [1.165, 1.54) is 16.0 Å². The Morgan fingerprint density at radius 3 is 2.83 bits per heavy atom.